The van der Waals surface area contributed by atoms with E-state index >= 15 is 4.39 Å². The van der Waals surface area contributed by atoms with E-state index in [1.54, 1.807) is 10.9 Å². The molecule has 2 aromatic heterocycles. The van der Waals surface area contributed by atoms with Crippen LogP contribution in [0.2, 0.25) is 0 Å². The van der Waals surface area contributed by atoms with E-state index in [0.29, 0.717) is 33.1 Å². The molecule has 0 saturated carbocycles. The number of anilines is 2. The van der Waals surface area contributed by atoms with Crippen molar-refractivity contribution in [2.45, 2.75) is 19.9 Å². The van der Waals surface area contributed by atoms with Crippen LogP contribution in [0.3, 0.4) is 0 Å². The average Bonchev–Trinajstić information content (AvgIpc) is 3.61. The molecule has 2 aliphatic heterocycles. The van der Waals surface area contributed by atoms with Gasteiger partial charge in [-0.2, -0.15) is 14.9 Å². The molecule has 0 unspecified atom stereocenters. The number of nitrogens with one attached hydrogen (secondary N) is 2. The highest BCUT2D eigenvalue weighted by atomic mass is 19.1. The molecule has 2 saturated heterocycles. The van der Waals surface area contributed by atoms with E-state index in [2.05, 4.69) is 25.7 Å². The van der Waals surface area contributed by atoms with Crippen molar-refractivity contribution >= 4 is 28.2 Å². The van der Waals surface area contributed by atoms with Crippen LogP contribution in [0.25, 0.3) is 16.6 Å². The van der Waals surface area contributed by atoms with Gasteiger partial charge in [0.2, 0.25) is 0 Å². The third-order valence-electron chi connectivity index (χ3n) is 7.43. The van der Waals surface area contributed by atoms with Gasteiger partial charge >= 0.3 is 0 Å². The highest BCUT2D eigenvalue weighted by Crippen LogP contribution is 2.41. The van der Waals surface area contributed by atoms with E-state index in [0.717, 1.165) is 56.5 Å². The zero-order chi connectivity index (χ0) is 27.4. The number of amides is 1. The second kappa shape index (κ2) is 9.53. The summed E-state index contributed by atoms with van der Waals surface area (Å²) in [5, 5.41) is 15.0. The first-order chi connectivity index (χ1) is 18.7. The summed E-state index contributed by atoms with van der Waals surface area (Å²) in [5.41, 5.74) is -0.572. The van der Waals surface area contributed by atoms with Gasteiger partial charge in [0.25, 0.3) is 11.5 Å². The van der Waals surface area contributed by atoms with E-state index in [1.165, 1.54) is 6.07 Å². The number of hydrogen-bond acceptors (Lipinski definition) is 6. The van der Waals surface area contributed by atoms with E-state index in [1.807, 2.05) is 13.8 Å². The predicted octanol–water partition coefficient (Wildman–Crippen LogP) is 3.49. The topological polar surface area (TPSA) is 97.1 Å². The Bertz CT molecular complexity index is 1630. The van der Waals surface area contributed by atoms with Gasteiger partial charge in [-0.1, -0.05) is 6.07 Å². The van der Waals surface area contributed by atoms with Crippen LogP contribution in [-0.2, 0) is 0 Å². The molecule has 2 aromatic carbocycles. The first kappa shape index (κ1) is 25.1. The largest absolute Gasteiger partial charge is 0.369 e. The molecule has 1 amide bonds. The van der Waals surface area contributed by atoms with Gasteiger partial charge in [0.05, 0.1) is 17.6 Å². The number of carbonyl (C=O) groups excluding carboxylic acids is 1. The Hall–Kier alpha value is -4.19. The summed E-state index contributed by atoms with van der Waals surface area (Å²) < 4.78 is 46.3. The Morgan fingerprint density at radius 2 is 1.72 bits per heavy atom. The highest BCUT2D eigenvalue weighted by Gasteiger charge is 2.38. The maximum absolute atomic E-state index is 15.5. The van der Waals surface area contributed by atoms with E-state index in [4.69, 9.17) is 0 Å². The van der Waals surface area contributed by atoms with Gasteiger partial charge in [0.1, 0.15) is 16.9 Å². The minimum Gasteiger partial charge on any atom is -0.369 e. The molecule has 2 atom stereocenters. The molecule has 12 heteroatoms. The number of nitrogens with zero attached hydrogens (tertiary/aromatic N) is 5. The van der Waals surface area contributed by atoms with Crippen LogP contribution in [0.4, 0.5) is 24.5 Å². The van der Waals surface area contributed by atoms with Gasteiger partial charge in [0.15, 0.2) is 17.5 Å². The van der Waals surface area contributed by atoms with Gasteiger partial charge in [-0.25, -0.2) is 13.2 Å². The standard InChI is InChI=1S/C27H26F3N7O2/c1-14(2)36-24-17(11-32-36)25(35-12-15-9-31-10-16(15)13-35)22(8-20(24)30)33-27(39)21-6-7-23(38)37(34-21)26-18(28)4-3-5-19(26)29/h3-8,11,14-16,31H,9-10,12-13H2,1-2H3,(H,33,39)/t15-,16+. The van der Waals surface area contributed by atoms with Gasteiger partial charge in [-0.3, -0.25) is 14.3 Å². The molecule has 202 valence electrons. The first-order valence-electron chi connectivity index (χ1n) is 12.7. The van der Waals surface area contributed by atoms with Crippen LogP contribution in [0.15, 0.2) is 47.4 Å². The summed E-state index contributed by atoms with van der Waals surface area (Å²) in [6.07, 6.45) is 1.61. The Morgan fingerprint density at radius 1 is 1.03 bits per heavy atom. The minimum atomic E-state index is -1.01. The van der Waals surface area contributed by atoms with E-state index in [9.17, 15) is 18.4 Å². The molecule has 0 spiro atoms. The van der Waals surface area contributed by atoms with E-state index in [-0.39, 0.29) is 17.4 Å². The summed E-state index contributed by atoms with van der Waals surface area (Å²) >= 11 is 0. The summed E-state index contributed by atoms with van der Waals surface area (Å²) in [5.74, 6) is -2.48. The van der Waals surface area contributed by atoms with Gasteiger partial charge in [-0.15, -0.1) is 0 Å². The number of para-hydroxylation sites is 1. The quantitative estimate of drug-likeness (QED) is 0.405. The van der Waals surface area contributed by atoms with Crippen LogP contribution >= 0.6 is 0 Å². The molecule has 4 heterocycles. The average molecular weight is 538 g/mol. The molecule has 2 aliphatic rings. The van der Waals surface area contributed by atoms with E-state index < -0.39 is 34.6 Å². The number of hydrogen-bond donors (Lipinski definition) is 2. The molecule has 6 rings (SSSR count). The number of aromatic nitrogens is 4. The fourth-order valence-electron chi connectivity index (χ4n) is 5.62. The molecular weight excluding hydrogens is 511 g/mol. The fourth-order valence-corrected chi connectivity index (χ4v) is 5.62. The van der Waals surface area contributed by atoms with Crippen molar-refractivity contribution in [1.82, 2.24) is 24.9 Å². The first-order valence-corrected chi connectivity index (χ1v) is 12.7. The van der Waals surface area contributed by atoms with Crippen LogP contribution < -0.4 is 21.1 Å². The minimum absolute atomic E-state index is 0.0866. The van der Waals surface area contributed by atoms with Crippen LogP contribution in [0, 0.1) is 29.3 Å². The van der Waals surface area contributed by atoms with Crippen LogP contribution in [0.1, 0.15) is 30.4 Å². The van der Waals surface area contributed by atoms with Crippen molar-refractivity contribution < 1.29 is 18.0 Å². The van der Waals surface area contributed by atoms with Crippen molar-refractivity contribution in [3.8, 4) is 5.69 Å². The molecular formula is C27H26F3N7O2. The van der Waals surface area contributed by atoms with Crippen LogP contribution in [-0.4, -0.2) is 51.6 Å². The SMILES string of the molecule is CC(C)n1ncc2c(N3C[C@H]4CNC[C@H]4C3)c(NC(=O)c3ccc(=O)n(-c4c(F)cccc4F)n3)cc(F)c21. The zero-order valence-corrected chi connectivity index (χ0v) is 21.3. The van der Waals surface area contributed by atoms with Crippen molar-refractivity contribution in [3.05, 3.63) is 76.1 Å². The monoisotopic (exact) mass is 537 g/mol. The van der Waals surface area contributed by atoms with Crippen molar-refractivity contribution in [2.75, 3.05) is 36.4 Å². The molecule has 0 bridgehead atoms. The Morgan fingerprint density at radius 3 is 2.38 bits per heavy atom. The third kappa shape index (κ3) is 4.24. The molecule has 2 N–H and O–H groups in total. The van der Waals surface area contributed by atoms with Gasteiger partial charge in [0, 0.05) is 49.7 Å². The maximum Gasteiger partial charge on any atom is 0.276 e. The number of rotatable bonds is 5. The Labute approximate surface area is 221 Å². The lowest BCUT2D eigenvalue weighted by molar-refractivity contribution is 0.102. The number of benzene rings is 2. The second-order valence-corrected chi connectivity index (χ2v) is 10.3. The second-order valence-electron chi connectivity index (χ2n) is 10.3. The summed E-state index contributed by atoms with van der Waals surface area (Å²) in [4.78, 5) is 27.9. The molecule has 0 aliphatic carbocycles. The Kier molecular flexibility index (Phi) is 6.13. The normalized spacial score (nSPS) is 18.8. The zero-order valence-electron chi connectivity index (χ0n) is 21.3. The maximum atomic E-state index is 15.5. The smallest absolute Gasteiger partial charge is 0.276 e. The fraction of sp³-hybridized carbons (Fsp3) is 0.333. The number of halogens is 3. The summed E-state index contributed by atoms with van der Waals surface area (Å²) in [6, 6.07) is 6.46. The Balaban J connectivity index is 1.42. The lowest BCUT2D eigenvalue weighted by Gasteiger charge is -2.25. The summed E-state index contributed by atoms with van der Waals surface area (Å²) in [7, 11) is 0. The molecule has 9 nitrogen and oxygen atoms in total. The lowest BCUT2D eigenvalue weighted by atomic mass is 10.0. The van der Waals surface area contributed by atoms with Crippen molar-refractivity contribution in [2.24, 2.45) is 11.8 Å². The van der Waals surface area contributed by atoms with Gasteiger partial charge in [-0.05, 0) is 43.9 Å². The highest BCUT2D eigenvalue weighted by molar-refractivity contribution is 6.09. The van der Waals surface area contributed by atoms with Crippen molar-refractivity contribution in [3.63, 3.8) is 0 Å². The molecule has 0 radical (unpaired) electrons. The number of fused-ring (bicyclic) bond motifs is 2. The third-order valence-corrected chi connectivity index (χ3v) is 7.43. The van der Waals surface area contributed by atoms with Gasteiger partial charge < -0.3 is 15.5 Å². The number of carbonyl (C=O) groups is 1. The van der Waals surface area contributed by atoms with Crippen LogP contribution in [0.5, 0.6) is 0 Å². The molecule has 39 heavy (non-hydrogen) atoms. The predicted molar refractivity (Wildman–Crippen MR) is 140 cm³/mol. The molecule has 2 fully saturated rings. The lowest BCUT2D eigenvalue weighted by Crippen LogP contribution is -2.28. The molecule has 4 aromatic rings. The summed E-state index contributed by atoms with van der Waals surface area (Å²) in [6.45, 7) is 7.04. The van der Waals surface area contributed by atoms with Crippen molar-refractivity contribution in [1.29, 1.82) is 0 Å².